The number of esters is 3. The van der Waals surface area contributed by atoms with Crippen molar-refractivity contribution in [3.8, 4) is 0 Å². The van der Waals surface area contributed by atoms with Gasteiger partial charge in [-0.1, -0.05) is 54.6 Å². The molecular weight excluding hydrogens is 556 g/mol. The van der Waals surface area contributed by atoms with Gasteiger partial charge in [-0.3, -0.25) is 9.36 Å². The molecule has 6 rings (SSSR count). The molecule has 1 aliphatic rings. The fourth-order valence-corrected chi connectivity index (χ4v) is 4.73. The Bertz CT molecular complexity index is 1810. The number of H-pyrrole nitrogens is 1. The normalized spacial score (nSPS) is 19.5. The molecule has 1 aliphatic heterocycles. The van der Waals surface area contributed by atoms with Crippen LogP contribution in [0.5, 0.6) is 0 Å². The number of nitrogens with one attached hydrogen (secondary N) is 1. The first-order chi connectivity index (χ1) is 21.0. The molecule has 3 heterocycles. The number of ether oxygens (including phenoxy) is 4. The molecule has 1 N–H and O–H groups in total. The Labute approximate surface area is 243 Å². The third kappa shape index (κ3) is 5.76. The van der Waals surface area contributed by atoms with Crippen molar-refractivity contribution in [2.45, 2.75) is 24.5 Å². The second kappa shape index (κ2) is 12.1. The largest absolute Gasteiger partial charge is 0.459 e. The summed E-state index contributed by atoms with van der Waals surface area (Å²) in [6, 6.07) is 24.9. The number of imidazole rings is 1. The second-order valence-corrected chi connectivity index (χ2v) is 9.56. The zero-order valence-corrected chi connectivity index (χ0v) is 22.4. The Balaban J connectivity index is 1.37. The molecule has 1 saturated heterocycles. The van der Waals surface area contributed by atoms with Crippen molar-refractivity contribution in [2.24, 2.45) is 0 Å². The first-order valence-corrected chi connectivity index (χ1v) is 13.3. The predicted molar refractivity (Wildman–Crippen MR) is 150 cm³/mol. The molecule has 4 atom stereocenters. The second-order valence-electron chi connectivity index (χ2n) is 9.56. The lowest BCUT2D eigenvalue weighted by Crippen LogP contribution is -2.41. The first kappa shape index (κ1) is 27.5. The van der Waals surface area contributed by atoms with Crippen molar-refractivity contribution >= 4 is 29.1 Å². The fraction of sp³-hybridized carbons (Fsp3) is 0.161. The summed E-state index contributed by atoms with van der Waals surface area (Å²) < 4.78 is 25.1. The van der Waals surface area contributed by atoms with E-state index >= 15 is 0 Å². The topological polar surface area (TPSA) is 152 Å². The van der Waals surface area contributed by atoms with Crippen LogP contribution in [0.4, 0.5) is 0 Å². The van der Waals surface area contributed by atoms with Crippen molar-refractivity contribution in [1.82, 2.24) is 19.5 Å². The van der Waals surface area contributed by atoms with Gasteiger partial charge in [-0.05, 0) is 36.4 Å². The standard InChI is InChI=1S/C31H24N4O8/c36-27-23-26(32-17-33-27)35(18-34-23)28-25(43-31(39)21-14-8-3-9-15-21)24(42-30(38)20-12-6-2-7-13-20)22(41-28)16-40-29(37)19-10-4-1-5-11-19/h1-15,17-18,22,24-25,28H,16H2,(H,32,33,36)/t22?,24?,25-,28?/m1/s1. The summed E-state index contributed by atoms with van der Waals surface area (Å²) in [7, 11) is 0. The van der Waals surface area contributed by atoms with Gasteiger partial charge in [-0.2, -0.15) is 0 Å². The smallest absolute Gasteiger partial charge is 0.338 e. The van der Waals surface area contributed by atoms with Gasteiger partial charge in [-0.15, -0.1) is 0 Å². The van der Waals surface area contributed by atoms with E-state index in [4.69, 9.17) is 18.9 Å². The third-order valence-corrected chi connectivity index (χ3v) is 6.82. The van der Waals surface area contributed by atoms with Crippen LogP contribution in [-0.4, -0.2) is 62.3 Å². The summed E-state index contributed by atoms with van der Waals surface area (Å²) in [6.45, 7) is -0.350. The zero-order chi connectivity index (χ0) is 29.8. The van der Waals surface area contributed by atoms with Gasteiger partial charge in [0, 0.05) is 0 Å². The molecule has 5 aromatic rings. The van der Waals surface area contributed by atoms with Crippen molar-refractivity contribution < 1.29 is 33.3 Å². The van der Waals surface area contributed by atoms with Gasteiger partial charge >= 0.3 is 17.9 Å². The Morgan fingerprint density at radius 1 is 0.744 bits per heavy atom. The summed E-state index contributed by atoms with van der Waals surface area (Å²) in [6.07, 6.45) is -2.24. The van der Waals surface area contributed by atoms with Crippen LogP contribution in [0, 0.1) is 0 Å². The molecule has 12 heteroatoms. The van der Waals surface area contributed by atoms with Crippen LogP contribution in [-0.2, 0) is 18.9 Å². The maximum Gasteiger partial charge on any atom is 0.338 e. The van der Waals surface area contributed by atoms with Crippen LogP contribution in [0.1, 0.15) is 37.3 Å². The molecule has 3 unspecified atom stereocenters. The first-order valence-electron chi connectivity index (χ1n) is 13.3. The molecule has 1 fully saturated rings. The highest BCUT2D eigenvalue weighted by Gasteiger charge is 2.51. The molecule has 43 heavy (non-hydrogen) atoms. The molecule has 0 bridgehead atoms. The molecule has 216 valence electrons. The maximum absolute atomic E-state index is 13.3. The SMILES string of the molecule is O=C(OCC1OC(n2cnc3c(=O)[nH]cnc32)[C@H](OC(=O)c2ccccc2)C1OC(=O)c1ccccc1)c1ccccc1. The predicted octanol–water partition coefficient (Wildman–Crippen LogP) is 3.33. The highest BCUT2D eigenvalue weighted by molar-refractivity contribution is 5.91. The van der Waals surface area contributed by atoms with Gasteiger partial charge in [0.1, 0.15) is 12.7 Å². The lowest BCUT2D eigenvalue weighted by molar-refractivity contribution is -0.0606. The number of rotatable bonds is 8. The molecule has 0 amide bonds. The molecule has 0 saturated carbocycles. The molecule has 0 spiro atoms. The lowest BCUT2D eigenvalue weighted by atomic mass is 10.1. The van der Waals surface area contributed by atoms with Gasteiger partial charge in [-0.25, -0.2) is 24.4 Å². The fourth-order valence-electron chi connectivity index (χ4n) is 4.73. The summed E-state index contributed by atoms with van der Waals surface area (Å²) in [4.78, 5) is 62.5. The number of carbonyl (C=O) groups is 3. The number of benzene rings is 3. The van der Waals surface area contributed by atoms with E-state index in [1.807, 2.05) is 0 Å². The Hall–Kier alpha value is -5.62. The molecule has 0 radical (unpaired) electrons. The van der Waals surface area contributed by atoms with Crippen LogP contribution < -0.4 is 5.56 Å². The molecular formula is C31H24N4O8. The van der Waals surface area contributed by atoms with Crippen molar-refractivity contribution in [1.29, 1.82) is 0 Å². The van der Waals surface area contributed by atoms with E-state index < -0.39 is 48.0 Å². The summed E-state index contributed by atoms with van der Waals surface area (Å²) >= 11 is 0. The number of hydrogen-bond donors (Lipinski definition) is 1. The maximum atomic E-state index is 13.3. The van der Waals surface area contributed by atoms with Crippen LogP contribution >= 0.6 is 0 Å². The Kier molecular flexibility index (Phi) is 7.74. The number of nitrogens with zero attached hydrogens (tertiary/aromatic N) is 3. The van der Waals surface area contributed by atoms with E-state index in [-0.39, 0.29) is 28.9 Å². The van der Waals surface area contributed by atoms with Crippen LogP contribution in [0.3, 0.4) is 0 Å². The van der Waals surface area contributed by atoms with Gasteiger partial charge < -0.3 is 23.9 Å². The van der Waals surface area contributed by atoms with Crippen LogP contribution in [0.15, 0.2) is 108 Å². The average molecular weight is 581 g/mol. The number of fused-ring (bicyclic) bond motifs is 1. The van der Waals surface area contributed by atoms with E-state index in [0.29, 0.717) is 5.56 Å². The minimum absolute atomic E-state index is 0.0241. The minimum atomic E-state index is -1.26. The highest BCUT2D eigenvalue weighted by atomic mass is 16.7. The van der Waals surface area contributed by atoms with Crippen molar-refractivity contribution in [3.63, 3.8) is 0 Å². The molecule has 2 aromatic heterocycles. The third-order valence-electron chi connectivity index (χ3n) is 6.82. The van der Waals surface area contributed by atoms with Gasteiger partial charge in [0.15, 0.2) is 29.6 Å². The van der Waals surface area contributed by atoms with E-state index in [1.54, 1.807) is 91.0 Å². The monoisotopic (exact) mass is 580 g/mol. The number of aromatic amines is 1. The van der Waals surface area contributed by atoms with Crippen LogP contribution in [0.2, 0.25) is 0 Å². The Morgan fingerprint density at radius 3 is 1.86 bits per heavy atom. The van der Waals surface area contributed by atoms with E-state index in [2.05, 4.69) is 15.0 Å². The van der Waals surface area contributed by atoms with Crippen molar-refractivity contribution in [2.75, 3.05) is 6.61 Å². The van der Waals surface area contributed by atoms with E-state index in [0.717, 1.165) is 0 Å². The highest BCUT2D eigenvalue weighted by Crippen LogP contribution is 2.36. The molecule has 12 nitrogen and oxygen atoms in total. The number of carbonyl (C=O) groups excluding carboxylic acids is 3. The summed E-state index contributed by atoms with van der Waals surface area (Å²) in [5.41, 5.74) is 0.491. The van der Waals surface area contributed by atoms with Gasteiger partial charge in [0.2, 0.25) is 0 Å². The lowest BCUT2D eigenvalue weighted by Gasteiger charge is -2.25. The average Bonchev–Trinajstić information content (AvgIpc) is 3.63. The van der Waals surface area contributed by atoms with E-state index in [1.165, 1.54) is 17.2 Å². The summed E-state index contributed by atoms with van der Waals surface area (Å²) in [5.74, 6) is -2.04. The van der Waals surface area contributed by atoms with Crippen LogP contribution in [0.25, 0.3) is 11.2 Å². The van der Waals surface area contributed by atoms with E-state index in [9.17, 15) is 19.2 Å². The Morgan fingerprint density at radius 2 is 1.28 bits per heavy atom. The minimum Gasteiger partial charge on any atom is -0.459 e. The zero-order valence-electron chi connectivity index (χ0n) is 22.4. The summed E-state index contributed by atoms with van der Waals surface area (Å²) in [5, 5.41) is 0. The van der Waals surface area contributed by atoms with Gasteiger partial charge in [0.05, 0.1) is 29.3 Å². The molecule has 3 aromatic carbocycles. The van der Waals surface area contributed by atoms with Crippen molar-refractivity contribution in [3.05, 3.63) is 131 Å². The number of aromatic nitrogens is 4. The molecule has 0 aliphatic carbocycles. The van der Waals surface area contributed by atoms with Gasteiger partial charge in [0.25, 0.3) is 5.56 Å². The quantitative estimate of drug-likeness (QED) is 0.214. The number of hydrogen-bond acceptors (Lipinski definition) is 10.